The van der Waals surface area contributed by atoms with Gasteiger partial charge in [0.2, 0.25) is 0 Å². The molecule has 0 fully saturated rings. The monoisotopic (exact) mass is 175 g/mol. The van der Waals surface area contributed by atoms with E-state index in [4.69, 9.17) is 10.5 Å². The molecule has 0 aromatic heterocycles. The zero-order chi connectivity index (χ0) is 9.68. The maximum Gasteiger partial charge on any atom is 0.158 e. The average molecular weight is 175 g/mol. The summed E-state index contributed by atoms with van der Waals surface area (Å²) in [7, 11) is 1.57. The molecular weight excluding hydrogens is 162 g/mol. The molecule has 0 saturated heterocycles. The predicted molar refractivity (Wildman–Crippen MR) is 53.0 cm³/mol. The van der Waals surface area contributed by atoms with Crippen LogP contribution in [-0.2, 0) is 4.74 Å². The Morgan fingerprint density at radius 3 is 2.54 bits per heavy atom. The van der Waals surface area contributed by atoms with Gasteiger partial charge in [0.25, 0.3) is 0 Å². The Morgan fingerprint density at radius 1 is 1.46 bits per heavy atom. The van der Waals surface area contributed by atoms with Crippen LogP contribution in [0.5, 0.6) is 0 Å². The highest BCUT2D eigenvalue weighted by Gasteiger charge is 2.10. The van der Waals surface area contributed by atoms with Gasteiger partial charge >= 0.3 is 0 Å². The molecular formula is C11H13NO. The molecule has 68 valence electrons. The van der Waals surface area contributed by atoms with E-state index in [1.807, 2.05) is 30.3 Å². The van der Waals surface area contributed by atoms with Gasteiger partial charge in [0.05, 0.1) is 13.2 Å². The summed E-state index contributed by atoms with van der Waals surface area (Å²) in [6, 6.07) is 9.43. The number of methoxy groups -OCH3 is 1. The van der Waals surface area contributed by atoms with Crippen LogP contribution in [0.15, 0.2) is 48.4 Å². The molecule has 2 N–H and O–H groups in total. The van der Waals surface area contributed by atoms with Crippen molar-refractivity contribution >= 4 is 0 Å². The molecule has 0 spiro atoms. The number of hydrogen-bond acceptors (Lipinski definition) is 2. The topological polar surface area (TPSA) is 35.2 Å². The minimum atomic E-state index is -0.274. The van der Waals surface area contributed by atoms with Crippen LogP contribution in [0.25, 0.3) is 0 Å². The molecule has 0 heterocycles. The van der Waals surface area contributed by atoms with Gasteiger partial charge in [-0.25, -0.2) is 0 Å². The van der Waals surface area contributed by atoms with Crippen molar-refractivity contribution < 1.29 is 4.74 Å². The van der Waals surface area contributed by atoms with Crippen molar-refractivity contribution in [3.63, 3.8) is 0 Å². The van der Waals surface area contributed by atoms with Crippen LogP contribution in [0.3, 0.4) is 0 Å². The van der Waals surface area contributed by atoms with Crippen molar-refractivity contribution in [3.05, 3.63) is 54.0 Å². The first-order chi connectivity index (χ1) is 6.29. The molecule has 13 heavy (non-hydrogen) atoms. The molecule has 1 aromatic rings. The first kappa shape index (κ1) is 9.59. The lowest BCUT2D eigenvalue weighted by Gasteiger charge is -2.12. The SMILES string of the molecule is C=C=C(OC)C(N)c1ccccc1. The molecule has 2 nitrogen and oxygen atoms in total. The summed E-state index contributed by atoms with van der Waals surface area (Å²) in [5.41, 5.74) is 9.56. The van der Waals surface area contributed by atoms with Crippen LogP contribution in [-0.4, -0.2) is 7.11 Å². The highest BCUT2D eigenvalue weighted by atomic mass is 16.5. The van der Waals surface area contributed by atoms with Gasteiger partial charge in [-0.1, -0.05) is 42.6 Å². The molecule has 0 aliphatic heterocycles. The number of rotatable bonds is 3. The summed E-state index contributed by atoms with van der Waals surface area (Å²) in [4.78, 5) is 0. The van der Waals surface area contributed by atoms with Gasteiger partial charge < -0.3 is 10.5 Å². The fourth-order valence-corrected chi connectivity index (χ4v) is 1.12. The minimum absolute atomic E-state index is 0.274. The number of nitrogens with two attached hydrogens (primary N) is 1. The maximum absolute atomic E-state index is 5.90. The van der Waals surface area contributed by atoms with Crippen molar-refractivity contribution in [3.8, 4) is 0 Å². The van der Waals surface area contributed by atoms with Crippen molar-refractivity contribution in [1.82, 2.24) is 0 Å². The third kappa shape index (κ3) is 2.22. The second-order valence-corrected chi connectivity index (χ2v) is 2.63. The second kappa shape index (κ2) is 4.51. The van der Waals surface area contributed by atoms with Crippen LogP contribution < -0.4 is 5.73 Å². The van der Waals surface area contributed by atoms with Gasteiger partial charge in [0.15, 0.2) is 5.76 Å². The Labute approximate surface area is 78.3 Å². The van der Waals surface area contributed by atoms with Crippen molar-refractivity contribution in [1.29, 1.82) is 0 Å². The largest absolute Gasteiger partial charge is 0.491 e. The van der Waals surface area contributed by atoms with E-state index in [9.17, 15) is 0 Å². The average Bonchev–Trinajstić information content (AvgIpc) is 2.21. The predicted octanol–water partition coefficient (Wildman–Crippen LogP) is 2.00. The van der Waals surface area contributed by atoms with Gasteiger partial charge in [-0.05, 0) is 5.56 Å². The molecule has 1 atom stereocenters. The summed E-state index contributed by atoms with van der Waals surface area (Å²) in [5.74, 6) is 0.561. The number of ether oxygens (including phenoxy) is 1. The van der Waals surface area contributed by atoms with Crippen molar-refractivity contribution in [2.75, 3.05) is 7.11 Å². The summed E-state index contributed by atoms with van der Waals surface area (Å²) in [5, 5.41) is 0. The Balaban J connectivity index is 2.91. The lowest BCUT2D eigenvalue weighted by Crippen LogP contribution is -2.13. The first-order valence-electron chi connectivity index (χ1n) is 4.04. The molecule has 0 bridgehead atoms. The van der Waals surface area contributed by atoms with Gasteiger partial charge in [-0.3, -0.25) is 0 Å². The second-order valence-electron chi connectivity index (χ2n) is 2.63. The third-order valence-corrected chi connectivity index (χ3v) is 1.84. The van der Waals surface area contributed by atoms with Crippen LogP contribution in [0, 0.1) is 0 Å². The van der Waals surface area contributed by atoms with Gasteiger partial charge in [-0.2, -0.15) is 0 Å². The van der Waals surface area contributed by atoms with E-state index in [2.05, 4.69) is 12.3 Å². The fraction of sp³-hybridized carbons (Fsp3) is 0.182. The maximum atomic E-state index is 5.90. The first-order valence-corrected chi connectivity index (χ1v) is 4.04. The minimum Gasteiger partial charge on any atom is -0.491 e. The Morgan fingerprint density at radius 2 is 2.08 bits per heavy atom. The van der Waals surface area contributed by atoms with Crippen molar-refractivity contribution in [2.24, 2.45) is 5.73 Å². The smallest absolute Gasteiger partial charge is 0.158 e. The van der Waals surface area contributed by atoms with E-state index in [1.54, 1.807) is 7.11 Å². The zero-order valence-corrected chi connectivity index (χ0v) is 7.66. The Bertz CT molecular complexity index is 312. The standard InChI is InChI=1S/C11H13NO/c1-3-10(13-2)11(12)9-7-5-4-6-8-9/h4-8,11H,1,12H2,2H3. The Kier molecular flexibility index (Phi) is 3.32. The molecule has 0 saturated carbocycles. The van der Waals surface area contributed by atoms with E-state index < -0.39 is 0 Å². The molecule has 0 aliphatic carbocycles. The van der Waals surface area contributed by atoms with E-state index in [1.165, 1.54) is 0 Å². The van der Waals surface area contributed by atoms with Gasteiger partial charge in [-0.15, -0.1) is 0 Å². The quantitative estimate of drug-likeness (QED) is 0.563. The lowest BCUT2D eigenvalue weighted by molar-refractivity contribution is 0.266. The van der Waals surface area contributed by atoms with E-state index in [0.717, 1.165) is 5.56 Å². The van der Waals surface area contributed by atoms with Crippen LogP contribution in [0.1, 0.15) is 11.6 Å². The number of benzene rings is 1. The molecule has 0 radical (unpaired) electrons. The summed E-state index contributed by atoms with van der Waals surface area (Å²) in [6.07, 6.45) is 0. The van der Waals surface area contributed by atoms with Crippen LogP contribution >= 0.6 is 0 Å². The molecule has 0 amide bonds. The van der Waals surface area contributed by atoms with Crippen molar-refractivity contribution in [2.45, 2.75) is 6.04 Å². The highest BCUT2D eigenvalue weighted by molar-refractivity contribution is 5.24. The zero-order valence-electron chi connectivity index (χ0n) is 7.66. The third-order valence-electron chi connectivity index (χ3n) is 1.84. The summed E-state index contributed by atoms with van der Waals surface area (Å²) in [6.45, 7) is 3.51. The van der Waals surface area contributed by atoms with E-state index >= 15 is 0 Å². The van der Waals surface area contributed by atoms with Gasteiger partial charge in [0.1, 0.15) is 0 Å². The van der Waals surface area contributed by atoms with Crippen LogP contribution in [0.4, 0.5) is 0 Å². The highest BCUT2D eigenvalue weighted by Crippen LogP contribution is 2.17. The molecule has 1 unspecified atom stereocenters. The normalized spacial score (nSPS) is 11.5. The Hall–Kier alpha value is -1.50. The number of hydrogen-bond donors (Lipinski definition) is 1. The summed E-state index contributed by atoms with van der Waals surface area (Å²) < 4.78 is 5.03. The van der Waals surface area contributed by atoms with E-state index in [0.29, 0.717) is 5.76 Å². The van der Waals surface area contributed by atoms with Crippen LogP contribution in [0.2, 0.25) is 0 Å². The summed E-state index contributed by atoms with van der Waals surface area (Å²) >= 11 is 0. The molecule has 1 rings (SSSR count). The lowest BCUT2D eigenvalue weighted by atomic mass is 10.1. The van der Waals surface area contributed by atoms with Gasteiger partial charge in [0, 0.05) is 0 Å². The fourth-order valence-electron chi connectivity index (χ4n) is 1.12. The molecule has 2 heteroatoms. The molecule has 0 aliphatic rings. The van der Waals surface area contributed by atoms with E-state index in [-0.39, 0.29) is 6.04 Å². The molecule has 1 aromatic carbocycles.